The van der Waals surface area contributed by atoms with Crippen molar-refractivity contribution >= 4 is 5.97 Å². The molecule has 2 saturated heterocycles. The molecule has 3 heterocycles. The molecule has 4 nitrogen and oxygen atoms in total. The summed E-state index contributed by atoms with van der Waals surface area (Å²) in [7, 11) is 0. The molecule has 3 aromatic rings. The van der Waals surface area contributed by atoms with E-state index in [2.05, 4.69) is 29.2 Å². The Morgan fingerprint density at radius 3 is 2.37 bits per heavy atom. The van der Waals surface area contributed by atoms with Crippen LogP contribution < -0.4 is 0 Å². The fourth-order valence-electron chi connectivity index (χ4n) is 6.22. The molecule has 0 unspecified atom stereocenters. The Hall–Kier alpha value is -2.95. The first kappa shape index (κ1) is 17.9. The quantitative estimate of drug-likeness (QED) is 0.716. The molecule has 3 aliphatic heterocycles. The Labute approximate surface area is 175 Å². The number of hydrogen-bond acceptors (Lipinski definition) is 3. The monoisotopic (exact) mass is 397 g/mol. The van der Waals surface area contributed by atoms with Crippen LogP contribution in [-0.4, -0.2) is 29.1 Å². The standard InChI is InChI=1S/C26H23NO3/c28-24(29)25-17-27(15-18-9-3-1-4-10-18)16-22(25)23-20-13-7-8-14-21(20)26(25,30-23)19-11-5-2-6-12-19/h1-14,22-23H,15-17H2,(H,28,29)/t22-,23+,25-,26-/m1/s1. The number of ether oxygens (including phenoxy) is 1. The first-order valence-electron chi connectivity index (χ1n) is 10.5. The van der Waals surface area contributed by atoms with E-state index in [4.69, 9.17) is 4.74 Å². The molecule has 30 heavy (non-hydrogen) atoms. The number of rotatable bonds is 4. The SMILES string of the molecule is O=C(O)[C@@]12CN(Cc3ccccc3)C[C@@H]1[C@H]1O[C@]2(c2ccccc2)c2ccccc21. The fourth-order valence-corrected chi connectivity index (χ4v) is 6.22. The highest BCUT2D eigenvalue weighted by molar-refractivity contribution is 5.82. The summed E-state index contributed by atoms with van der Waals surface area (Å²) in [6.45, 7) is 1.94. The van der Waals surface area contributed by atoms with Gasteiger partial charge in [-0.2, -0.15) is 0 Å². The van der Waals surface area contributed by atoms with Crippen LogP contribution in [-0.2, 0) is 21.7 Å². The maximum absolute atomic E-state index is 13.1. The highest BCUT2D eigenvalue weighted by Crippen LogP contribution is 2.71. The molecule has 6 rings (SSSR count). The van der Waals surface area contributed by atoms with E-state index in [0.29, 0.717) is 6.54 Å². The van der Waals surface area contributed by atoms with Gasteiger partial charge in [0.25, 0.3) is 0 Å². The average Bonchev–Trinajstić information content (AvgIpc) is 3.41. The van der Waals surface area contributed by atoms with Crippen LogP contribution in [0.25, 0.3) is 0 Å². The molecule has 0 aromatic heterocycles. The second-order valence-corrected chi connectivity index (χ2v) is 8.71. The Balaban J connectivity index is 1.52. The third kappa shape index (κ3) is 2.10. The molecule has 4 atom stereocenters. The summed E-state index contributed by atoms with van der Waals surface area (Å²) in [4.78, 5) is 15.4. The van der Waals surface area contributed by atoms with Crippen LogP contribution in [0.1, 0.15) is 28.4 Å². The topological polar surface area (TPSA) is 49.8 Å². The summed E-state index contributed by atoms with van der Waals surface area (Å²) in [5.41, 5.74) is 2.33. The van der Waals surface area contributed by atoms with E-state index in [0.717, 1.165) is 29.8 Å². The maximum atomic E-state index is 13.1. The number of aliphatic carboxylic acids is 1. The first-order chi connectivity index (χ1) is 14.7. The highest BCUT2D eigenvalue weighted by Gasteiger charge is 2.77. The molecular formula is C26H23NO3. The number of benzene rings is 3. The van der Waals surface area contributed by atoms with E-state index in [1.54, 1.807) is 0 Å². The van der Waals surface area contributed by atoms with Gasteiger partial charge >= 0.3 is 5.97 Å². The van der Waals surface area contributed by atoms with Crippen LogP contribution in [0.4, 0.5) is 0 Å². The van der Waals surface area contributed by atoms with Gasteiger partial charge in [0.1, 0.15) is 11.0 Å². The molecule has 0 aliphatic carbocycles. The van der Waals surface area contributed by atoms with Gasteiger partial charge in [-0.15, -0.1) is 0 Å². The first-order valence-corrected chi connectivity index (χ1v) is 10.5. The summed E-state index contributed by atoms with van der Waals surface area (Å²) >= 11 is 0. The van der Waals surface area contributed by atoms with E-state index < -0.39 is 17.0 Å². The molecule has 2 bridgehead atoms. The van der Waals surface area contributed by atoms with Gasteiger partial charge in [-0.25, -0.2) is 0 Å². The van der Waals surface area contributed by atoms with Gasteiger partial charge in [-0.05, 0) is 22.3 Å². The Morgan fingerprint density at radius 1 is 0.967 bits per heavy atom. The van der Waals surface area contributed by atoms with Crippen molar-refractivity contribution in [1.82, 2.24) is 4.90 Å². The zero-order valence-electron chi connectivity index (χ0n) is 16.6. The van der Waals surface area contributed by atoms with Gasteiger partial charge in [-0.3, -0.25) is 9.69 Å². The fraction of sp³-hybridized carbons (Fsp3) is 0.269. The van der Waals surface area contributed by atoms with E-state index in [1.165, 1.54) is 5.56 Å². The molecule has 2 fully saturated rings. The van der Waals surface area contributed by atoms with E-state index in [9.17, 15) is 9.90 Å². The van der Waals surface area contributed by atoms with Gasteiger partial charge < -0.3 is 9.84 Å². The lowest BCUT2D eigenvalue weighted by atomic mass is 9.57. The predicted octanol–water partition coefficient (Wildman–Crippen LogP) is 4.22. The highest BCUT2D eigenvalue weighted by atomic mass is 16.5. The van der Waals surface area contributed by atoms with Crippen molar-refractivity contribution in [3.8, 4) is 0 Å². The van der Waals surface area contributed by atoms with Crippen molar-refractivity contribution in [3.05, 3.63) is 107 Å². The Morgan fingerprint density at radius 2 is 1.63 bits per heavy atom. The number of nitrogens with zero attached hydrogens (tertiary/aromatic N) is 1. The zero-order valence-corrected chi connectivity index (χ0v) is 16.6. The largest absolute Gasteiger partial charge is 0.481 e. The Kier molecular flexibility index (Phi) is 3.74. The van der Waals surface area contributed by atoms with Crippen LogP contribution in [0.2, 0.25) is 0 Å². The number of carboxylic acids is 1. The number of likely N-dealkylation sites (tertiary alicyclic amines) is 1. The Bertz CT molecular complexity index is 1120. The number of hydrogen-bond donors (Lipinski definition) is 1. The molecule has 0 amide bonds. The van der Waals surface area contributed by atoms with Crippen LogP contribution >= 0.6 is 0 Å². The van der Waals surface area contributed by atoms with Crippen LogP contribution in [0.15, 0.2) is 84.9 Å². The van der Waals surface area contributed by atoms with Crippen molar-refractivity contribution < 1.29 is 14.6 Å². The van der Waals surface area contributed by atoms with Gasteiger partial charge in [0.15, 0.2) is 0 Å². The van der Waals surface area contributed by atoms with Crippen LogP contribution in [0.5, 0.6) is 0 Å². The van der Waals surface area contributed by atoms with E-state index >= 15 is 0 Å². The molecule has 3 aromatic carbocycles. The van der Waals surface area contributed by atoms with Gasteiger partial charge in [-0.1, -0.05) is 84.9 Å². The summed E-state index contributed by atoms with van der Waals surface area (Å²) in [6.07, 6.45) is -0.196. The summed E-state index contributed by atoms with van der Waals surface area (Å²) in [5.74, 6) is -0.849. The molecule has 1 N–H and O–H groups in total. The number of carbonyl (C=O) groups is 1. The number of fused-ring (bicyclic) bond motifs is 8. The van der Waals surface area contributed by atoms with Crippen LogP contribution in [0.3, 0.4) is 0 Å². The smallest absolute Gasteiger partial charge is 0.315 e. The van der Waals surface area contributed by atoms with Crippen molar-refractivity contribution in [1.29, 1.82) is 0 Å². The van der Waals surface area contributed by atoms with Crippen molar-refractivity contribution in [3.63, 3.8) is 0 Å². The summed E-state index contributed by atoms with van der Waals surface area (Å²) < 4.78 is 6.74. The minimum Gasteiger partial charge on any atom is -0.481 e. The molecular weight excluding hydrogens is 374 g/mol. The summed E-state index contributed by atoms with van der Waals surface area (Å²) in [5, 5.41) is 10.7. The molecule has 150 valence electrons. The molecule has 4 heteroatoms. The second kappa shape index (κ2) is 6.27. The molecule has 0 spiro atoms. The van der Waals surface area contributed by atoms with Crippen molar-refractivity contribution in [2.24, 2.45) is 11.3 Å². The summed E-state index contributed by atoms with van der Waals surface area (Å²) in [6, 6.07) is 28.4. The lowest BCUT2D eigenvalue weighted by molar-refractivity contribution is -0.159. The normalized spacial score (nSPS) is 31.5. The zero-order chi connectivity index (χ0) is 20.3. The van der Waals surface area contributed by atoms with Gasteiger partial charge in [0.2, 0.25) is 0 Å². The maximum Gasteiger partial charge on any atom is 0.315 e. The predicted molar refractivity (Wildman–Crippen MR) is 113 cm³/mol. The van der Waals surface area contributed by atoms with Crippen molar-refractivity contribution in [2.45, 2.75) is 18.2 Å². The third-order valence-corrected chi connectivity index (χ3v) is 7.32. The minimum absolute atomic E-state index is 0.0891. The molecule has 0 radical (unpaired) electrons. The average molecular weight is 397 g/mol. The number of carboxylic acid groups (broad SMARTS) is 1. The van der Waals surface area contributed by atoms with Crippen molar-refractivity contribution in [2.75, 3.05) is 13.1 Å². The molecule has 3 aliphatic rings. The lowest BCUT2D eigenvalue weighted by Gasteiger charge is -2.43. The molecule has 0 saturated carbocycles. The third-order valence-electron chi connectivity index (χ3n) is 7.32. The van der Waals surface area contributed by atoms with Gasteiger partial charge in [0, 0.05) is 25.6 Å². The minimum atomic E-state index is -1.01. The van der Waals surface area contributed by atoms with Crippen LogP contribution in [0, 0.1) is 11.3 Å². The van der Waals surface area contributed by atoms with E-state index in [1.807, 2.05) is 60.7 Å². The van der Waals surface area contributed by atoms with E-state index in [-0.39, 0.29) is 12.0 Å². The lowest BCUT2D eigenvalue weighted by Crippen LogP contribution is -2.54. The van der Waals surface area contributed by atoms with Gasteiger partial charge in [0.05, 0.1) is 6.10 Å². The second-order valence-electron chi connectivity index (χ2n) is 8.71.